The molecular weight excluding hydrogens is 206 g/mol. The van der Waals surface area contributed by atoms with Gasteiger partial charge in [0.15, 0.2) is 0 Å². The lowest BCUT2D eigenvalue weighted by molar-refractivity contribution is 0.417. The maximum atomic E-state index is 6.81. The SMILES string of the molecule is [C-]#[N+]c1cc(Br)ccc1OC. The summed E-state index contributed by atoms with van der Waals surface area (Å²) in [5, 5.41) is 0. The standard InChI is InChI=1S/C8H6BrNO/c1-10-7-5-6(9)3-4-8(7)11-2/h3-5H,2H3. The Kier molecular flexibility index (Phi) is 2.50. The van der Waals surface area contributed by atoms with E-state index in [9.17, 15) is 0 Å². The van der Waals surface area contributed by atoms with E-state index in [4.69, 9.17) is 11.3 Å². The van der Waals surface area contributed by atoms with Gasteiger partial charge in [0.1, 0.15) is 5.75 Å². The molecule has 3 heteroatoms. The third-order valence-corrected chi connectivity index (χ3v) is 1.75. The summed E-state index contributed by atoms with van der Waals surface area (Å²) >= 11 is 3.27. The summed E-state index contributed by atoms with van der Waals surface area (Å²) in [5.74, 6) is 0.614. The lowest BCUT2D eigenvalue weighted by Gasteiger charge is -2.01. The van der Waals surface area contributed by atoms with Gasteiger partial charge in [-0.05, 0) is 18.2 Å². The van der Waals surface area contributed by atoms with Crippen LogP contribution in [0, 0.1) is 6.57 Å². The summed E-state index contributed by atoms with van der Waals surface area (Å²) in [6.07, 6.45) is 0. The second kappa shape index (κ2) is 3.40. The third-order valence-electron chi connectivity index (χ3n) is 1.26. The van der Waals surface area contributed by atoms with Crippen molar-refractivity contribution in [3.8, 4) is 5.75 Å². The first-order valence-corrected chi connectivity index (χ1v) is 3.78. The number of methoxy groups -OCH3 is 1. The van der Waals surface area contributed by atoms with Crippen molar-refractivity contribution in [2.45, 2.75) is 0 Å². The van der Waals surface area contributed by atoms with E-state index in [1.165, 1.54) is 0 Å². The molecular formula is C8H6BrNO. The zero-order valence-corrected chi connectivity index (χ0v) is 7.55. The topological polar surface area (TPSA) is 13.6 Å². The highest BCUT2D eigenvalue weighted by molar-refractivity contribution is 9.10. The van der Waals surface area contributed by atoms with Gasteiger partial charge in [0.2, 0.25) is 5.69 Å². The van der Waals surface area contributed by atoms with E-state index in [-0.39, 0.29) is 0 Å². The summed E-state index contributed by atoms with van der Waals surface area (Å²) in [4.78, 5) is 3.30. The van der Waals surface area contributed by atoms with E-state index < -0.39 is 0 Å². The van der Waals surface area contributed by atoms with Crippen LogP contribution in [0.25, 0.3) is 4.85 Å². The molecule has 0 heterocycles. The Labute approximate surface area is 73.7 Å². The molecule has 0 N–H and O–H groups in total. The molecule has 56 valence electrons. The molecule has 1 rings (SSSR count). The molecule has 0 bridgehead atoms. The Morgan fingerprint density at radius 3 is 2.82 bits per heavy atom. The summed E-state index contributed by atoms with van der Waals surface area (Å²) in [6.45, 7) is 6.81. The summed E-state index contributed by atoms with van der Waals surface area (Å²) in [5.41, 5.74) is 0.530. The van der Waals surface area contributed by atoms with E-state index >= 15 is 0 Å². The van der Waals surface area contributed by atoms with Crippen LogP contribution in [0.3, 0.4) is 0 Å². The highest BCUT2D eigenvalue weighted by Gasteiger charge is 2.00. The van der Waals surface area contributed by atoms with Crippen LogP contribution >= 0.6 is 15.9 Å². The van der Waals surface area contributed by atoms with E-state index in [1.54, 1.807) is 19.2 Å². The Balaban J connectivity index is 3.19. The van der Waals surface area contributed by atoms with Gasteiger partial charge in [-0.2, -0.15) is 0 Å². The van der Waals surface area contributed by atoms with Crippen LogP contribution in [0.15, 0.2) is 22.7 Å². The zero-order valence-electron chi connectivity index (χ0n) is 5.97. The summed E-state index contributed by atoms with van der Waals surface area (Å²) < 4.78 is 5.85. The van der Waals surface area contributed by atoms with Crippen molar-refractivity contribution in [3.63, 3.8) is 0 Å². The van der Waals surface area contributed by atoms with Crippen LogP contribution in [0.4, 0.5) is 5.69 Å². The van der Waals surface area contributed by atoms with Crippen molar-refractivity contribution in [2.24, 2.45) is 0 Å². The summed E-state index contributed by atoms with van der Waals surface area (Å²) in [7, 11) is 1.55. The average molecular weight is 212 g/mol. The molecule has 0 fully saturated rings. The molecule has 2 nitrogen and oxygen atoms in total. The van der Waals surface area contributed by atoms with Crippen molar-refractivity contribution in [1.82, 2.24) is 0 Å². The van der Waals surface area contributed by atoms with E-state index in [2.05, 4.69) is 20.8 Å². The number of hydrogen-bond acceptors (Lipinski definition) is 1. The molecule has 1 aromatic carbocycles. The molecule has 0 aliphatic carbocycles. The number of halogens is 1. The molecule has 0 aromatic heterocycles. The van der Waals surface area contributed by atoms with Crippen LogP contribution in [0.1, 0.15) is 0 Å². The Morgan fingerprint density at radius 1 is 1.55 bits per heavy atom. The molecule has 0 saturated heterocycles. The molecule has 0 aliphatic rings. The second-order valence-electron chi connectivity index (χ2n) is 1.93. The minimum Gasteiger partial charge on any atom is -0.508 e. The van der Waals surface area contributed by atoms with Crippen molar-refractivity contribution in [2.75, 3.05) is 7.11 Å². The van der Waals surface area contributed by atoms with E-state index in [0.29, 0.717) is 11.4 Å². The predicted molar refractivity (Wildman–Crippen MR) is 47.0 cm³/mol. The zero-order chi connectivity index (χ0) is 8.27. The highest BCUT2D eigenvalue weighted by atomic mass is 79.9. The van der Waals surface area contributed by atoms with E-state index in [0.717, 1.165) is 4.47 Å². The first-order chi connectivity index (χ1) is 5.27. The minimum absolute atomic E-state index is 0.530. The fourth-order valence-corrected chi connectivity index (χ4v) is 1.10. The van der Waals surface area contributed by atoms with Gasteiger partial charge >= 0.3 is 0 Å². The van der Waals surface area contributed by atoms with Gasteiger partial charge in [-0.15, -0.1) is 0 Å². The number of hydrogen-bond donors (Lipinski definition) is 0. The van der Waals surface area contributed by atoms with Crippen LogP contribution in [-0.2, 0) is 0 Å². The first-order valence-electron chi connectivity index (χ1n) is 2.99. The van der Waals surface area contributed by atoms with Crippen LogP contribution in [-0.4, -0.2) is 7.11 Å². The smallest absolute Gasteiger partial charge is 0.229 e. The number of ether oxygens (including phenoxy) is 1. The monoisotopic (exact) mass is 211 g/mol. The van der Waals surface area contributed by atoms with Gasteiger partial charge in [-0.1, -0.05) is 15.9 Å². The molecule has 0 spiro atoms. The normalized spacial score (nSPS) is 8.82. The molecule has 1 aromatic rings. The van der Waals surface area contributed by atoms with Crippen LogP contribution in [0.5, 0.6) is 5.75 Å². The number of benzene rings is 1. The average Bonchev–Trinajstić information content (AvgIpc) is 2.04. The Hall–Kier alpha value is -1.01. The highest BCUT2D eigenvalue weighted by Crippen LogP contribution is 2.30. The van der Waals surface area contributed by atoms with Gasteiger partial charge < -0.3 is 4.74 Å². The van der Waals surface area contributed by atoms with Crippen LogP contribution in [0.2, 0.25) is 0 Å². The van der Waals surface area contributed by atoms with Crippen molar-refractivity contribution >= 4 is 21.6 Å². The van der Waals surface area contributed by atoms with Gasteiger partial charge in [-0.3, -0.25) is 0 Å². The number of nitrogens with zero attached hydrogens (tertiary/aromatic N) is 1. The van der Waals surface area contributed by atoms with Gasteiger partial charge in [0.25, 0.3) is 0 Å². The maximum Gasteiger partial charge on any atom is 0.229 e. The molecule has 0 unspecified atom stereocenters. The molecule has 0 saturated carbocycles. The number of rotatable bonds is 1. The minimum atomic E-state index is 0.530. The molecule has 0 radical (unpaired) electrons. The molecule has 0 atom stereocenters. The summed E-state index contributed by atoms with van der Waals surface area (Å²) in [6, 6.07) is 5.33. The Bertz CT molecular complexity index is 303. The van der Waals surface area contributed by atoms with Gasteiger partial charge in [-0.25, -0.2) is 4.85 Å². The van der Waals surface area contributed by atoms with Crippen LogP contribution < -0.4 is 4.74 Å². The van der Waals surface area contributed by atoms with Crippen molar-refractivity contribution < 1.29 is 4.74 Å². The predicted octanol–water partition coefficient (Wildman–Crippen LogP) is 3.01. The lowest BCUT2D eigenvalue weighted by Crippen LogP contribution is -1.81. The second-order valence-corrected chi connectivity index (χ2v) is 2.84. The van der Waals surface area contributed by atoms with Crippen molar-refractivity contribution in [1.29, 1.82) is 0 Å². The molecule has 0 aliphatic heterocycles. The maximum absolute atomic E-state index is 6.81. The van der Waals surface area contributed by atoms with E-state index in [1.807, 2.05) is 6.07 Å². The van der Waals surface area contributed by atoms with Gasteiger partial charge in [0.05, 0.1) is 13.7 Å². The fraction of sp³-hybridized carbons (Fsp3) is 0.125. The Morgan fingerprint density at radius 2 is 2.27 bits per heavy atom. The van der Waals surface area contributed by atoms with Gasteiger partial charge in [0, 0.05) is 4.47 Å². The molecule has 0 amide bonds. The first kappa shape index (κ1) is 8.09. The van der Waals surface area contributed by atoms with Crippen molar-refractivity contribution in [3.05, 3.63) is 34.1 Å². The lowest BCUT2D eigenvalue weighted by atomic mass is 10.3. The third kappa shape index (κ3) is 1.72. The molecule has 11 heavy (non-hydrogen) atoms. The quantitative estimate of drug-likeness (QED) is 0.652. The largest absolute Gasteiger partial charge is 0.508 e. The fourth-order valence-electron chi connectivity index (χ4n) is 0.751.